The lowest BCUT2D eigenvalue weighted by molar-refractivity contribution is -0.159. The number of hydrogen-bond acceptors (Lipinski definition) is 3. The summed E-state index contributed by atoms with van der Waals surface area (Å²) in [5, 5.41) is 8.97. The molecule has 1 N–H and O–H groups in total. The first-order valence-corrected chi connectivity index (χ1v) is 7.99. The number of carboxylic acid groups (broad SMARTS) is 1. The molecule has 1 atom stereocenters. The van der Waals surface area contributed by atoms with Crippen LogP contribution in [0.3, 0.4) is 0 Å². The van der Waals surface area contributed by atoms with Crippen molar-refractivity contribution in [2.45, 2.75) is 45.1 Å². The standard InChI is InChI=1S/C18H25NO4/c1-18(2,3)14-7-4-13(5-8-14)6-9-16(20)19-10-11-23-15(12-19)17(21)22/h4-5,7-8,15H,6,9-12H2,1-3H3,(H,21,22). The molecule has 0 aromatic heterocycles. The summed E-state index contributed by atoms with van der Waals surface area (Å²) in [6.07, 6.45) is 0.151. The lowest BCUT2D eigenvalue weighted by Crippen LogP contribution is -2.48. The van der Waals surface area contributed by atoms with Gasteiger partial charge in [-0.05, 0) is 23.0 Å². The van der Waals surface area contributed by atoms with E-state index in [1.807, 2.05) is 0 Å². The van der Waals surface area contributed by atoms with Crippen LogP contribution in [0.25, 0.3) is 0 Å². The monoisotopic (exact) mass is 319 g/mol. The molecule has 0 radical (unpaired) electrons. The van der Waals surface area contributed by atoms with E-state index in [2.05, 4.69) is 45.0 Å². The number of aryl methyl sites for hydroxylation is 1. The summed E-state index contributed by atoms with van der Waals surface area (Å²) in [5.74, 6) is -1.03. The van der Waals surface area contributed by atoms with Gasteiger partial charge in [0.25, 0.3) is 0 Å². The molecule has 5 heteroatoms. The average molecular weight is 319 g/mol. The zero-order chi connectivity index (χ0) is 17.0. The van der Waals surface area contributed by atoms with Crippen molar-refractivity contribution in [2.75, 3.05) is 19.7 Å². The van der Waals surface area contributed by atoms with Gasteiger partial charge in [0, 0.05) is 13.0 Å². The maximum Gasteiger partial charge on any atom is 0.334 e. The van der Waals surface area contributed by atoms with Gasteiger partial charge in [-0.3, -0.25) is 4.79 Å². The van der Waals surface area contributed by atoms with Gasteiger partial charge >= 0.3 is 5.97 Å². The van der Waals surface area contributed by atoms with Crippen LogP contribution in [0.4, 0.5) is 0 Å². The van der Waals surface area contributed by atoms with E-state index >= 15 is 0 Å². The van der Waals surface area contributed by atoms with Crippen LogP contribution in [-0.2, 0) is 26.2 Å². The number of aliphatic carboxylic acids is 1. The Balaban J connectivity index is 1.88. The van der Waals surface area contributed by atoms with Gasteiger partial charge in [0.15, 0.2) is 6.10 Å². The molecule has 0 aliphatic carbocycles. The van der Waals surface area contributed by atoms with Gasteiger partial charge < -0.3 is 14.7 Å². The second-order valence-electron chi connectivity index (χ2n) is 6.98. The van der Waals surface area contributed by atoms with Crippen molar-refractivity contribution in [3.05, 3.63) is 35.4 Å². The van der Waals surface area contributed by atoms with E-state index < -0.39 is 12.1 Å². The predicted octanol–water partition coefficient (Wildman–Crippen LogP) is 2.23. The number of amides is 1. The van der Waals surface area contributed by atoms with Crippen LogP contribution in [0, 0.1) is 0 Å². The highest BCUT2D eigenvalue weighted by Gasteiger charge is 2.28. The second kappa shape index (κ2) is 7.13. The Bertz CT molecular complexity index is 559. The lowest BCUT2D eigenvalue weighted by atomic mass is 9.86. The molecule has 2 rings (SSSR count). The smallest absolute Gasteiger partial charge is 0.334 e. The van der Waals surface area contributed by atoms with Crippen molar-refractivity contribution < 1.29 is 19.4 Å². The zero-order valence-electron chi connectivity index (χ0n) is 14.0. The predicted molar refractivity (Wildman–Crippen MR) is 87.4 cm³/mol. The summed E-state index contributed by atoms with van der Waals surface area (Å²) in [4.78, 5) is 24.8. The van der Waals surface area contributed by atoms with E-state index in [0.717, 1.165) is 5.56 Å². The highest BCUT2D eigenvalue weighted by atomic mass is 16.5. The Kier molecular flexibility index (Phi) is 5.42. The summed E-state index contributed by atoms with van der Waals surface area (Å²) in [6, 6.07) is 8.34. The summed E-state index contributed by atoms with van der Waals surface area (Å²) >= 11 is 0. The molecule has 126 valence electrons. The first-order valence-electron chi connectivity index (χ1n) is 7.99. The van der Waals surface area contributed by atoms with E-state index in [1.165, 1.54) is 5.56 Å². The molecular weight excluding hydrogens is 294 g/mol. The van der Waals surface area contributed by atoms with Gasteiger partial charge in [-0.25, -0.2) is 4.79 Å². The molecule has 0 spiro atoms. The number of rotatable bonds is 4. The van der Waals surface area contributed by atoms with Crippen molar-refractivity contribution in [1.29, 1.82) is 0 Å². The minimum Gasteiger partial charge on any atom is -0.479 e. The Hall–Kier alpha value is -1.88. The van der Waals surface area contributed by atoms with Gasteiger partial charge in [0.1, 0.15) is 0 Å². The number of carbonyl (C=O) groups excluding carboxylic acids is 1. The van der Waals surface area contributed by atoms with Gasteiger partial charge in [0.2, 0.25) is 5.91 Å². The van der Waals surface area contributed by atoms with E-state index in [1.54, 1.807) is 4.90 Å². The van der Waals surface area contributed by atoms with E-state index in [0.29, 0.717) is 19.4 Å². The molecule has 1 fully saturated rings. The molecule has 1 aliphatic rings. The van der Waals surface area contributed by atoms with Crippen molar-refractivity contribution >= 4 is 11.9 Å². The molecule has 5 nitrogen and oxygen atoms in total. The normalized spacial score (nSPS) is 18.7. The van der Waals surface area contributed by atoms with Crippen molar-refractivity contribution in [3.63, 3.8) is 0 Å². The van der Waals surface area contributed by atoms with Gasteiger partial charge in [-0.2, -0.15) is 0 Å². The van der Waals surface area contributed by atoms with Crippen molar-refractivity contribution in [1.82, 2.24) is 4.90 Å². The van der Waals surface area contributed by atoms with E-state index in [4.69, 9.17) is 9.84 Å². The van der Waals surface area contributed by atoms with Crippen LogP contribution in [0.1, 0.15) is 38.3 Å². The molecule has 1 aromatic carbocycles. The molecule has 0 saturated carbocycles. The van der Waals surface area contributed by atoms with Gasteiger partial charge in [0.05, 0.1) is 13.2 Å². The minimum atomic E-state index is -1.01. The zero-order valence-corrected chi connectivity index (χ0v) is 14.0. The SMILES string of the molecule is CC(C)(C)c1ccc(CCC(=O)N2CCOC(C(=O)O)C2)cc1. The number of carboxylic acids is 1. The fraction of sp³-hybridized carbons (Fsp3) is 0.556. The Morgan fingerprint density at radius 2 is 1.91 bits per heavy atom. The van der Waals surface area contributed by atoms with Crippen molar-refractivity contribution in [2.24, 2.45) is 0 Å². The fourth-order valence-corrected chi connectivity index (χ4v) is 2.61. The van der Waals surface area contributed by atoms with Gasteiger partial charge in [-0.15, -0.1) is 0 Å². The number of nitrogens with zero attached hydrogens (tertiary/aromatic N) is 1. The number of hydrogen-bond donors (Lipinski definition) is 1. The third kappa shape index (κ3) is 4.79. The third-order valence-corrected chi connectivity index (χ3v) is 4.14. The highest BCUT2D eigenvalue weighted by Crippen LogP contribution is 2.22. The second-order valence-corrected chi connectivity index (χ2v) is 6.98. The Labute approximate surface area is 137 Å². The summed E-state index contributed by atoms with van der Waals surface area (Å²) in [7, 11) is 0. The summed E-state index contributed by atoms with van der Waals surface area (Å²) in [6.45, 7) is 7.39. The number of carbonyl (C=O) groups is 2. The van der Waals surface area contributed by atoms with Gasteiger partial charge in [-0.1, -0.05) is 45.0 Å². The third-order valence-electron chi connectivity index (χ3n) is 4.14. The van der Waals surface area contributed by atoms with Crippen molar-refractivity contribution in [3.8, 4) is 0 Å². The van der Waals surface area contributed by atoms with Crippen LogP contribution in [-0.4, -0.2) is 47.7 Å². The average Bonchev–Trinajstić information content (AvgIpc) is 2.52. The van der Waals surface area contributed by atoms with Crippen LogP contribution in [0.2, 0.25) is 0 Å². The molecule has 1 saturated heterocycles. The Morgan fingerprint density at radius 3 is 2.48 bits per heavy atom. The fourth-order valence-electron chi connectivity index (χ4n) is 2.61. The molecule has 1 aromatic rings. The maximum atomic E-state index is 12.2. The molecule has 1 amide bonds. The minimum absolute atomic E-state index is 0.0144. The quantitative estimate of drug-likeness (QED) is 0.924. The van der Waals surface area contributed by atoms with Crippen LogP contribution >= 0.6 is 0 Å². The summed E-state index contributed by atoms with van der Waals surface area (Å²) in [5.41, 5.74) is 2.51. The molecule has 1 aliphatic heterocycles. The first kappa shape index (κ1) is 17.5. The first-order chi connectivity index (χ1) is 10.8. The Morgan fingerprint density at radius 1 is 1.26 bits per heavy atom. The summed E-state index contributed by atoms with van der Waals surface area (Å²) < 4.78 is 5.13. The maximum absolute atomic E-state index is 12.2. The molecule has 23 heavy (non-hydrogen) atoms. The highest BCUT2D eigenvalue weighted by molar-refractivity contribution is 5.78. The number of benzene rings is 1. The molecule has 0 bridgehead atoms. The number of ether oxygens (including phenoxy) is 1. The van der Waals surface area contributed by atoms with Crippen LogP contribution in [0.5, 0.6) is 0 Å². The van der Waals surface area contributed by atoms with E-state index in [-0.39, 0.29) is 24.5 Å². The molecule has 1 heterocycles. The molecular formula is C18H25NO4. The van der Waals surface area contributed by atoms with E-state index in [9.17, 15) is 9.59 Å². The van der Waals surface area contributed by atoms with Crippen LogP contribution < -0.4 is 0 Å². The molecule has 1 unspecified atom stereocenters. The lowest BCUT2D eigenvalue weighted by Gasteiger charge is -2.31. The largest absolute Gasteiger partial charge is 0.479 e. The van der Waals surface area contributed by atoms with Crippen LogP contribution in [0.15, 0.2) is 24.3 Å². The topological polar surface area (TPSA) is 66.8 Å². The number of morpholine rings is 1.